The predicted octanol–water partition coefficient (Wildman–Crippen LogP) is 3.38. The Hall–Kier alpha value is -2.16. The van der Waals surface area contributed by atoms with Crippen LogP contribution in [0.5, 0.6) is 0 Å². The number of fused-ring (bicyclic) bond motifs is 1. The number of halogens is 3. The molecular weight excluding hydrogens is 315 g/mol. The van der Waals surface area contributed by atoms with Crippen molar-refractivity contribution >= 4 is 22.8 Å². The second-order valence-electron chi connectivity index (χ2n) is 4.59. The van der Waals surface area contributed by atoms with Crippen LogP contribution in [0.4, 0.5) is 19.0 Å². The van der Waals surface area contributed by atoms with E-state index in [-0.39, 0.29) is 5.65 Å². The highest BCUT2D eigenvalue weighted by Crippen LogP contribution is 2.27. The zero-order valence-electron chi connectivity index (χ0n) is 11.6. The summed E-state index contributed by atoms with van der Waals surface area (Å²) in [6.45, 7) is 2.58. The van der Waals surface area contributed by atoms with Crippen molar-refractivity contribution in [3.63, 3.8) is 0 Å². The molecule has 0 bridgehead atoms. The molecule has 0 aromatic carbocycles. The first-order chi connectivity index (χ1) is 10.5. The number of nitrogens with one attached hydrogen (secondary N) is 1. The molecule has 3 rings (SSSR count). The lowest BCUT2D eigenvalue weighted by Crippen LogP contribution is -2.13. The Morgan fingerprint density at radius 3 is 2.59 bits per heavy atom. The molecule has 3 aromatic rings. The van der Waals surface area contributed by atoms with E-state index in [0.29, 0.717) is 16.9 Å². The molecule has 5 nitrogen and oxygen atoms in total. The van der Waals surface area contributed by atoms with Gasteiger partial charge in [0.15, 0.2) is 5.65 Å². The number of hydrogen-bond acceptors (Lipinski definition) is 5. The molecule has 22 heavy (non-hydrogen) atoms. The van der Waals surface area contributed by atoms with Gasteiger partial charge < -0.3 is 5.32 Å². The SMILES string of the molecule is CCc1ccc(CNc2ccc3nnc(C(F)(F)F)n3n2)s1. The molecule has 0 aliphatic carbocycles. The number of thiophene rings is 1. The number of rotatable bonds is 4. The average molecular weight is 327 g/mol. The van der Waals surface area contributed by atoms with Crippen molar-refractivity contribution in [3.8, 4) is 0 Å². The van der Waals surface area contributed by atoms with E-state index in [0.717, 1.165) is 11.3 Å². The van der Waals surface area contributed by atoms with Gasteiger partial charge in [0.05, 0.1) is 6.54 Å². The second kappa shape index (κ2) is 5.56. The third-order valence-corrected chi connectivity index (χ3v) is 4.26. The summed E-state index contributed by atoms with van der Waals surface area (Å²) < 4.78 is 39.1. The summed E-state index contributed by atoms with van der Waals surface area (Å²) in [5.41, 5.74) is 0.0577. The van der Waals surface area contributed by atoms with E-state index in [9.17, 15) is 13.2 Å². The van der Waals surface area contributed by atoms with Crippen LogP contribution in [0.25, 0.3) is 5.65 Å². The highest BCUT2D eigenvalue weighted by molar-refractivity contribution is 7.12. The topological polar surface area (TPSA) is 55.1 Å². The minimum absolute atomic E-state index is 0.0577. The summed E-state index contributed by atoms with van der Waals surface area (Å²) in [5.74, 6) is -0.792. The van der Waals surface area contributed by atoms with E-state index in [2.05, 4.69) is 27.5 Å². The molecule has 3 heterocycles. The summed E-state index contributed by atoms with van der Waals surface area (Å²) >= 11 is 1.66. The summed E-state index contributed by atoms with van der Waals surface area (Å²) in [6, 6.07) is 7.07. The van der Waals surface area contributed by atoms with Crippen molar-refractivity contribution in [2.24, 2.45) is 0 Å². The van der Waals surface area contributed by atoms with Crippen LogP contribution in [0.2, 0.25) is 0 Å². The standard InChI is InChI=1S/C13H12F3N5S/c1-2-8-3-4-9(22-8)7-17-10-5-6-11-18-19-12(13(14,15)16)21(11)20-10/h3-6H,2,7H2,1H3,(H,17,20). The minimum Gasteiger partial charge on any atom is -0.364 e. The normalized spacial score (nSPS) is 12.0. The lowest BCUT2D eigenvalue weighted by Gasteiger charge is -2.06. The Morgan fingerprint density at radius 2 is 1.91 bits per heavy atom. The van der Waals surface area contributed by atoms with Gasteiger partial charge in [0.25, 0.3) is 5.82 Å². The van der Waals surface area contributed by atoms with Crippen LogP contribution in [0, 0.1) is 0 Å². The number of anilines is 1. The number of alkyl halides is 3. The number of nitrogens with zero attached hydrogens (tertiary/aromatic N) is 4. The fourth-order valence-electron chi connectivity index (χ4n) is 1.94. The highest BCUT2D eigenvalue weighted by Gasteiger charge is 2.37. The highest BCUT2D eigenvalue weighted by atomic mass is 32.1. The van der Waals surface area contributed by atoms with Crippen LogP contribution in [-0.4, -0.2) is 19.8 Å². The van der Waals surface area contributed by atoms with Crippen molar-refractivity contribution in [2.45, 2.75) is 26.1 Å². The summed E-state index contributed by atoms with van der Waals surface area (Å²) in [7, 11) is 0. The minimum atomic E-state index is -4.59. The van der Waals surface area contributed by atoms with E-state index in [1.807, 2.05) is 12.1 Å². The first-order valence-electron chi connectivity index (χ1n) is 6.58. The molecule has 0 fully saturated rings. The molecule has 0 spiro atoms. The Balaban J connectivity index is 1.82. The van der Waals surface area contributed by atoms with Gasteiger partial charge in [-0.1, -0.05) is 6.92 Å². The smallest absolute Gasteiger partial charge is 0.364 e. The Labute approximate surface area is 127 Å². The van der Waals surface area contributed by atoms with Gasteiger partial charge in [-0.15, -0.1) is 26.6 Å². The van der Waals surface area contributed by atoms with Crippen LogP contribution >= 0.6 is 11.3 Å². The first kappa shape index (κ1) is 14.8. The van der Waals surface area contributed by atoms with Crippen LogP contribution in [-0.2, 0) is 19.1 Å². The van der Waals surface area contributed by atoms with Crippen molar-refractivity contribution in [1.82, 2.24) is 19.8 Å². The average Bonchev–Trinajstić information content (AvgIpc) is 3.10. The molecule has 0 saturated heterocycles. The molecule has 0 aliphatic heterocycles. The van der Waals surface area contributed by atoms with Crippen molar-refractivity contribution < 1.29 is 13.2 Å². The fourth-order valence-corrected chi connectivity index (χ4v) is 2.84. The molecule has 0 saturated carbocycles. The zero-order valence-corrected chi connectivity index (χ0v) is 12.4. The Kier molecular flexibility index (Phi) is 3.73. The summed E-state index contributed by atoms with van der Waals surface area (Å²) in [4.78, 5) is 2.36. The van der Waals surface area contributed by atoms with Gasteiger partial charge in [0.1, 0.15) is 5.82 Å². The summed E-state index contributed by atoms with van der Waals surface area (Å²) in [6.07, 6.45) is -3.63. The van der Waals surface area contributed by atoms with Gasteiger partial charge in [-0.3, -0.25) is 0 Å². The number of aromatic nitrogens is 4. The number of hydrogen-bond donors (Lipinski definition) is 1. The van der Waals surface area contributed by atoms with E-state index in [1.165, 1.54) is 10.9 Å². The predicted molar refractivity (Wildman–Crippen MR) is 76.8 cm³/mol. The van der Waals surface area contributed by atoms with Crippen LogP contribution in [0.15, 0.2) is 24.3 Å². The third-order valence-electron chi connectivity index (χ3n) is 3.03. The maximum atomic E-state index is 12.8. The second-order valence-corrected chi connectivity index (χ2v) is 5.84. The molecule has 3 aromatic heterocycles. The molecular formula is C13H12F3N5S. The molecule has 0 unspecified atom stereocenters. The third kappa shape index (κ3) is 2.89. The van der Waals surface area contributed by atoms with Gasteiger partial charge in [-0.05, 0) is 30.7 Å². The van der Waals surface area contributed by atoms with Crippen molar-refractivity contribution in [2.75, 3.05) is 5.32 Å². The monoisotopic (exact) mass is 327 g/mol. The molecule has 0 amide bonds. The van der Waals surface area contributed by atoms with Gasteiger partial charge in [0, 0.05) is 9.75 Å². The van der Waals surface area contributed by atoms with Crippen molar-refractivity contribution in [1.29, 1.82) is 0 Å². The van der Waals surface area contributed by atoms with Crippen LogP contribution in [0.3, 0.4) is 0 Å². The molecule has 0 atom stereocenters. The van der Waals surface area contributed by atoms with Crippen LogP contribution in [0.1, 0.15) is 22.5 Å². The first-order valence-corrected chi connectivity index (χ1v) is 7.40. The van der Waals surface area contributed by atoms with Gasteiger partial charge >= 0.3 is 6.18 Å². The Bertz CT molecular complexity index is 792. The molecule has 9 heteroatoms. The molecule has 116 valence electrons. The zero-order chi connectivity index (χ0) is 15.7. The largest absolute Gasteiger partial charge is 0.453 e. The lowest BCUT2D eigenvalue weighted by molar-refractivity contribution is -0.146. The van der Waals surface area contributed by atoms with E-state index in [1.54, 1.807) is 17.4 Å². The van der Waals surface area contributed by atoms with E-state index >= 15 is 0 Å². The van der Waals surface area contributed by atoms with Crippen molar-refractivity contribution in [3.05, 3.63) is 39.8 Å². The van der Waals surface area contributed by atoms with Gasteiger partial charge in [0.2, 0.25) is 0 Å². The van der Waals surface area contributed by atoms with Gasteiger partial charge in [-0.2, -0.15) is 17.7 Å². The van der Waals surface area contributed by atoms with E-state index in [4.69, 9.17) is 0 Å². The van der Waals surface area contributed by atoms with E-state index < -0.39 is 12.0 Å². The Morgan fingerprint density at radius 1 is 1.14 bits per heavy atom. The van der Waals surface area contributed by atoms with Gasteiger partial charge in [-0.25, -0.2) is 0 Å². The maximum absolute atomic E-state index is 12.8. The molecule has 0 radical (unpaired) electrons. The quantitative estimate of drug-likeness (QED) is 0.798. The fraction of sp³-hybridized carbons (Fsp3) is 0.308. The summed E-state index contributed by atoms with van der Waals surface area (Å²) in [5, 5.41) is 13.5. The lowest BCUT2D eigenvalue weighted by atomic mass is 10.3. The molecule has 1 N–H and O–H groups in total. The molecule has 0 aliphatic rings. The maximum Gasteiger partial charge on any atom is 0.453 e. The number of aryl methyl sites for hydroxylation is 1. The van der Waals surface area contributed by atoms with Crippen LogP contribution < -0.4 is 5.32 Å².